The molecule has 20 heavy (non-hydrogen) atoms. The topological polar surface area (TPSA) is 58.6 Å². The second-order valence-electron chi connectivity index (χ2n) is 5.53. The van der Waals surface area contributed by atoms with Crippen molar-refractivity contribution in [1.82, 2.24) is 10.2 Å². The van der Waals surface area contributed by atoms with Crippen molar-refractivity contribution >= 4 is 11.8 Å². The first-order valence-electron chi connectivity index (χ1n) is 6.90. The monoisotopic (exact) mass is 274 g/mol. The van der Waals surface area contributed by atoms with E-state index in [1.807, 2.05) is 25.2 Å². The van der Waals surface area contributed by atoms with Crippen molar-refractivity contribution < 1.29 is 14.3 Å². The third kappa shape index (κ3) is 2.24. The Kier molecular flexibility index (Phi) is 3.12. The maximum atomic E-state index is 12.1. The fraction of sp³-hybridized carbons (Fsp3) is 0.467. The predicted molar refractivity (Wildman–Crippen MR) is 73.6 cm³/mol. The van der Waals surface area contributed by atoms with E-state index in [-0.39, 0.29) is 11.8 Å². The van der Waals surface area contributed by atoms with Crippen LogP contribution in [0.4, 0.5) is 0 Å². The molecule has 1 N–H and O–H groups in total. The summed E-state index contributed by atoms with van der Waals surface area (Å²) in [5, 5.41) is 2.92. The molecule has 106 valence electrons. The van der Waals surface area contributed by atoms with E-state index in [0.29, 0.717) is 37.2 Å². The van der Waals surface area contributed by atoms with Crippen LogP contribution in [0, 0.1) is 0 Å². The van der Waals surface area contributed by atoms with Crippen LogP contribution in [0.15, 0.2) is 24.3 Å². The Morgan fingerprint density at radius 2 is 2.05 bits per heavy atom. The Bertz CT molecular complexity index is 554. The second kappa shape index (κ2) is 4.81. The van der Waals surface area contributed by atoms with Gasteiger partial charge in [-0.05, 0) is 18.6 Å². The van der Waals surface area contributed by atoms with Crippen LogP contribution in [-0.2, 0) is 4.79 Å². The Hall–Kier alpha value is -2.04. The van der Waals surface area contributed by atoms with Crippen LogP contribution < -0.4 is 10.1 Å². The number of carbonyl (C=O) groups is 2. The Balaban J connectivity index is 1.92. The molecule has 5 heteroatoms. The van der Waals surface area contributed by atoms with Gasteiger partial charge in [0.15, 0.2) is 0 Å². The number of nitrogens with zero attached hydrogens (tertiary/aromatic N) is 1. The number of hydrogen-bond donors (Lipinski definition) is 1. The molecule has 1 saturated heterocycles. The van der Waals surface area contributed by atoms with E-state index < -0.39 is 5.60 Å². The first-order chi connectivity index (χ1) is 9.60. The van der Waals surface area contributed by atoms with Crippen molar-refractivity contribution in [3.05, 3.63) is 29.8 Å². The zero-order chi connectivity index (χ0) is 14.2. The van der Waals surface area contributed by atoms with Crippen molar-refractivity contribution in [2.75, 3.05) is 20.1 Å². The second-order valence-corrected chi connectivity index (χ2v) is 5.53. The van der Waals surface area contributed by atoms with Gasteiger partial charge in [0, 0.05) is 26.4 Å². The van der Waals surface area contributed by atoms with Gasteiger partial charge < -0.3 is 15.0 Å². The van der Waals surface area contributed by atoms with Crippen molar-refractivity contribution in [2.24, 2.45) is 0 Å². The van der Waals surface area contributed by atoms with Gasteiger partial charge in [0.1, 0.15) is 11.4 Å². The molecule has 1 spiro atoms. The molecule has 2 heterocycles. The Labute approximate surface area is 117 Å². The zero-order valence-electron chi connectivity index (χ0n) is 11.5. The third-order valence-corrected chi connectivity index (χ3v) is 4.15. The molecule has 0 radical (unpaired) electrons. The number of fused-ring (bicyclic) bond motifs is 1. The number of para-hydroxylation sites is 1. The van der Waals surface area contributed by atoms with Crippen LogP contribution in [0.5, 0.6) is 5.75 Å². The number of ether oxygens (including phenoxy) is 1. The summed E-state index contributed by atoms with van der Waals surface area (Å²) in [4.78, 5) is 25.6. The lowest BCUT2D eigenvalue weighted by Gasteiger charge is -2.31. The molecular formula is C15H18N2O3. The van der Waals surface area contributed by atoms with Gasteiger partial charge in [0.05, 0.1) is 12.1 Å². The maximum Gasteiger partial charge on any atom is 0.255 e. The van der Waals surface area contributed by atoms with Gasteiger partial charge in [-0.1, -0.05) is 12.1 Å². The number of nitrogens with one attached hydrogen (secondary N) is 1. The summed E-state index contributed by atoms with van der Waals surface area (Å²) < 4.78 is 6.17. The molecule has 0 aromatic heterocycles. The van der Waals surface area contributed by atoms with Crippen LogP contribution in [0.2, 0.25) is 0 Å². The van der Waals surface area contributed by atoms with Gasteiger partial charge in [-0.3, -0.25) is 9.59 Å². The summed E-state index contributed by atoms with van der Waals surface area (Å²) in [5.74, 6) is 0.634. The minimum absolute atomic E-state index is 0.110. The van der Waals surface area contributed by atoms with Gasteiger partial charge >= 0.3 is 0 Å². The molecule has 0 unspecified atom stereocenters. The summed E-state index contributed by atoms with van der Waals surface area (Å²) in [7, 11) is 1.81. The van der Waals surface area contributed by atoms with Gasteiger partial charge in [-0.25, -0.2) is 0 Å². The van der Waals surface area contributed by atoms with Crippen LogP contribution in [-0.4, -0.2) is 42.5 Å². The highest BCUT2D eigenvalue weighted by Crippen LogP contribution is 2.32. The Morgan fingerprint density at radius 1 is 1.25 bits per heavy atom. The van der Waals surface area contributed by atoms with E-state index >= 15 is 0 Å². The highest BCUT2D eigenvalue weighted by molar-refractivity contribution is 5.97. The quantitative estimate of drug-likeness (QED) is 0.773. The lowest BCUT2D eigenvalue weighted by Crippen LogP contribution is -2.45. The smallest absolute Gasteiger partial charge is 0.255 e. The standard InChI is InChI=1S/C15H18N2O3/c1-17-9-8-15(7-6-13(17)18)10-16-14(19)11-4-2-3-5-12(11)20-15/h2-5H,6-10H2,1H3,(H,16,19)/t15-/m1/s1. The molecule has 2 aliphatic heterocycles. The average Bonchev–Trinajstić information content (AvgIpc) is 2.69. The predicted octanol–water partition coefficient (Wildman–Crippen LogP) is 1.19. The fourth-order valence-electron chi connectivity index (χ4n) is 2.77. The minimum Gasteiger partial charge on any atom is -0.485 e. The molecule has 2 aliphatic rings. The van der Waals surface area contributed by atoms with Gasteiger partial charge in [0.25, 0.3) is 5.91 Å². The van der Waals surface area contributed by atoms with E-state index in [1.165, 1.54) is 0 Å². The third-order valence-electron chi connectivity index (χ3n) is 4.15. The largest absolute Gasteiger partial charge is 0.485 e. The van der Waals surface area contributed by atoms with Crippen LogP contribution in [0.25, 0.3) is 0 Å². The highest BCUT2D eigenvalue weighted by Gasteiger charge is 2.39. The van der Waals surface area contributed by atoms with E-state index in [1.54, 1.807) is 11.0 Å². The number of hydrogen-bond acceptors (Lipinski definition) is 3. The van der Waals surface area contributed by atoms with Crippen molar-refractivity contribution in [2.45, 2.75) is 24.9 Å². The van der Waals surface area contributed by atoms with Gasteiger partial charge in [-0.15, -0.1) is 0 Å². The van der Waals surface area contributed by atoms with E-state index in [9.17, 15) is 9.59 Å². The number of amides is 2. The highest BCUT2D eigenvalue weighted by atomic mass is 16.5. The first-order valence-corrected chi connectivity index (χ1v) is 6.90. The summed E-state index contributed by atoms with van der Waals surface area (Å²) in [5.41, 5.74) is 0.0798. The number of carbonyl (C=O) groups excluding carboxylic acids is 2. The van der Waals surface area contributed by atoms with Crippen molar-refractivity contribution in [1.29, 1.82) is 0 Å². The van der Waals surface area contributed by atoms with Crippen LogP contribution in [0.3, 0.4) is 0 Å². The maximum absolute atomic E-state index is 12.1. The van der Waals surface area contributed by atoms with Gasteiger partial charge in [0.2, 0.25) is 5.91 Å². The summed E-state index contributed by atoms with van der Waals surface area (Å²) in [6, 6.07) is 7.26. The minimum atomic E-state index is -0.483. The number of rotatable bonds is 0. The molecule has 1 atom stereocenters. The lowest BCUT2D eigenvalue weighted by atomic mass is 9.94. The van der Waals surface area contributed by atoms with Crippen molar-refractivity contribution in [3.63, 3.8) is 0 Å². The van der Waals surface area contributed by atoms with Gasteiger partial charge in [-0.2, -0.15) is 0 Å². The number of likely N-dealkylation sites (tertiary alicyclic amines) is 1. The van der Waals surface area contributed by atoms with E-state index in [2.05, 4.69) is 5.32 Å². The Morgan fingerprint density at radius 3 is 2.90 bits per heavy atom. The lowest BCUT2D eigenvalue weighted by molar-refractivity contribution is -0.129. The molecule has 5 nitrogen and oxygen atoms in total. The normalized spacial score (nSPS) is 26.4. The molecule has 0 bridgehead atoms. The van der Waals surface area contributed by atoms with Crippen molar-refractivity contribution in [3.8, 4) is 5.75 Å². The average molecular weight is 274 g/mol. The van der Waals surface area contributed by atoms with Crippen LogP contribution >= 0.6 is 0 Å². The zero-order valence-corrected chi connectivity index (χ0v) is 11.5. The molecule has 1 aromatic carbocycles. The molecule has 1 aromatic rings. The molecule has 1 fully saturated rings. The molecular weight excluding hydrogens is 256 g/mol. The first kappa shape index (κ1) is 13.0. The van der Waals surface area contributed by atoms with E-state index in [0.717, 1.165) is 6.42 Å². The summed E-state index contributed by atoms with van der Waals surface area (Å²) in [6.45, 7) is 1.10. The summed E-state index contributed by atoms with van der Waals surface area (Å²) >= 11 is 0. The van der Waals surface area contributed by atoms with Crippen LogP contribution in [0.1, 0.15) is 29.6 Å². The molecule has 3 rings (SSSR count). The number of benzene rings is 1. The van der Waals surface area contributed by atoms with E-state index in [4.69, 9.17) is 4.74 Å². The fourth-order valence-corrected chi connectivity index (χ4v) is 2.77. The molecule has 0 aliphatic carbocycles. The SMILES string of the molecule is CN1CC[C@]2(CCC1=O)CNC(=O)c1ccccc1O2. The molecule has 0 saturated carbocycles. The molecule has 2 amide bonds. The summed E-state index contributed by atoms with van der Waals surface area (Å²) in [6.07, 6.45) is 1.81.